The molecule has 2 heterocycles. The summed E-state index contributed by atoms with van der Waals surface area (Å²) < 4.78 is 7.72. The van der Waals surface area contributed by atoms with Crippen molar-refractivity contribution < 1.29 is 4.74 Å². The van der Waals surface area contributed by atoms with Crippen molar-refractivity contribution in [3.8, 4) is 17.1 Å². The number of halogens is 2. The second kappa shape index (κ2) is 5.87. The molecule has 0 fully saturated rings. The maximum absolute atomic E-state index is 6.32. The first-order valence-electron chi connectivity index (χ1n) is 7.30. The number of fused-ring (bicyclic) bond motifs is 1. The van der Waals surface area contributed by atoms with Gasteiger partial charge in [-0.3, -0.25) is 0 Å². The summed E-state index contributed by atoms with van der Waals surface area (Å²) in [6.45, 7) is 1.36. The average molecular weight is 346 g/mol. The van der Waals surface area contributed by atoms with E-state index < -0.39 is 0 Å². The fourth-order valence-corrected chi connectivity index (χ4v) is 3.23. The SMILES string of the molecule is Clc1cccc(-c2nncn2Cc2cccc3c2OCC3)c1Cl. The average Bonchev–Trinajstić information content (AvgIpc) is 3.20. The van der Waals surface area contributed by atoms with Gasteiger partial charge in [-0.1, -0.05) is 47.5 Å². The molecule has 1 aliphatic rings. The van der Waals surface area contributed by atoms with Crippen LogP contribution in [0.2, 0.25) is 10.0 Å². The Morgan fingerprint density at radius 3 is 2.91 bits per heavy atom. The van der Waals surface area contributed by atoms with Crippen LogP contribution in [0.1, 0.15) is 11.1 Å². The Morgan fingerprint density at radius 2 is 2.00 bits per heavy atom. The third-order valence-electron chi connectivity index (χ3n) is 3.94. The molecule has 0 bridgehead atoms. The first kappa shape index (κ1) is 14.5. The zero-order valence-electron chi connectivity index (χ0n) is 12.2. The smallest absolute Gasteiger partial charge is 0.165 e. The second-order valence-corrected chi connectivity index (χ2v) is 6.17. The first-order chi connectivity index (χ1) is 11.2. The van der Waals surface area contributed by atoms with Gasteiger partial charge in [0.1, 0.15) is 12.1 Å². The largest absolute Gasteiger partial charge is 0.493 e. The normalized spacial score (nSPS) is 13.0. The van der Waals surface area contributed by atoms with Crippen molar-refractivity contribution in [1.82, 2.24) is 14.8 Å². The van der Waals surface area contributed by atoms with Crippen molar-refractivity contribution in [1.29, 1.82) is 0 Å². The summed E-state index contributed by atoms with van der Waals surface area (Å²) in [5.74, 6) is 1.66. The number of para-hydroxylation sites is 1. The van der Waals surface area contributed by atoms with Gasteiger partial charge < -0.3 is 9.30 Å². The molecule has 116 valence electrons. The molecule has 23 heavy (non-hydrogen) atoms. The molecule has 0 saturated carbocycles. The summed E-state index contributed by atoms with van der Waals surface area (Å²) in [5.41, 5.74) is 3.13. The highest BCUT2D eigenvalue weighted by molar-refractivity contribution is 6.43. The maximum atomic E-state index is 6.32. The molecular formula is C17H13Cl2N3O. The number of benzene rings is 2. The Morgan fingerprint density at radius 1 is 1.13 bits per heavy atom. The summed E-state index contributed by atoms with van der Waals surface area (Å²) in [6, 6.07) is 11.7. The number of hydrogen-bond donors (Lipinski definition) is 0. The first-order valence-corrected chi connectivity index (χ1v) is 8.05. The van der Waals surface area contributed by atoms with Gasteiger partial charge in [-0.25, -0.2) is 0 Å². The van der Waals surface area contributed by atoms with Crippen LogP contribution >= 0.6 is 23.2 Å². The van der Waals surface area contributed by atoms with Crippen LogP contribution in [0.3, 0.4) is 0 Å². The fourth-order valence-electron chi connectivity index (χ4n) is 2.85. The van der Waals surface area contributed by atoms with Gasteiger partial charge in [-0.05, 0) is 17.7 Å². The summed E-state index contributed by atoms with van der Waals surface area (Å²) >= 11 is 12.4. The Balaban J connectivity index is 1.74. The van der Waals surface area contributed by atoms with E-state index in [1.165, 1.54) is 5.56 Å². The van der Waals surface area contributed by atoms with Crippen molar-refractivity contribution in [3.63, 3.8) is 0 Å². The Bertz CT molecular complexity index is 876. The molecular weight excluding hydrogens is 333 g/mol. The number of ether oxygens (including phenoxy) is 1. The van der Waals surface area contributed by atoms with E-state index in [9.17, 15) is 0 Å². The molecule has 0 N–H and O–H groups in total. The Kier molecular flexibility index (Phi) is 3.71. The highest BCUT2D eigenvalue weighted by Crippen LogP contribution is 2.34. The third kappa shape index (κ3) is 2.58. The number of rotatable bonds is 3. The third-order valence-corrected chi connectivity index (χ3v) is 4.76. The van der Waals surface area contributed by atoms with Gasteiger partial charge in [-0.2, -0.15) is 0 Å². The molecule has 0 amide bonds. The molecule has 1 aromatic heterocycles. The van der Waals surface area contributed by atoms with Gasteiger partial charge in [0, 0.05) is 17.5 Å². The molecule has 0 saturated heterocycles. The maximum Gasteiger partial charge on any atom is 0.165 e. The van der Waals surface area contributed by atoms with Crippen molar-refractivity contribution >= 4 is 23.2 Å². The predicted molar refractivity (Wildman–Crippen MR) is 90.2 cm³/mol. The highest BCUT2D eigenvalue weighted by Gasteiger charge is 2.18. The zero-order valence-corrected chi connectivity index (χ0v) is 13.7. The van der Waals surface area contributed by atoms with Gasteiger partial charge in [0.05, 0.1) is 23.2 Å². The molecule has 0 atom stereocenters. The van der Waals surface area contributed by atoms with Gasteiger partial charge >= 0.3 is 0 Å². The van der Waals surface area contributed by atoms with Gasteiger partial charge in [-0.15, -0.1) is 10.2 Å². The standard InChI is InChI=1S/C17H13Cl2N3O/c18-14-6-2-5-13(15(14)19)17-21-20-10-22(17)9-12-4-1-3-11-7-8-23-16(11)12/h1-6,10H,7-9H2. The van der Waals surface area contributed by atoms with Crippen LogP contribution in [0.15, 0.2) is 42.7 Å². The minimum Gasteiger partial charge on any atom is -0.493 e. The Labute approximate surface area is 143 Å². The lowest BCUT2D eigenvalue weighted by molar-refractivity contribution is 0.352. The predicted octanol–water partition coefficient (Wildman–Crippen LogP) is 4.24. The van der Waals surface area contributed by atoms with Crippen LogP contribution in [-0.2, 0) is 13.0 Å². The summed E-state index contributed by atoms with van der Waals surface area (Å²) in [4.78, 5) is 0. The van der Waals surface area contributed by atoms with Crippen molar-refractivity contribution in [2.45, 2.75) is 13.0 Å². The lowest BCUT2D eigenvalue weighted by Gasteiger charge is -2.11. The van der Waals surface area contributed by atoms with E-state index in [1.54, 1.807) is 12.4 Å². The van der Waals surface area contributed by atoms with Crippen LogP contribution < -0.4 is 4.74 Å². The number of hydrogen-bond acceptors (Lipinski definition) is 3. The van der Waals surface area contributed by atoms with E-state index in [1.807, 2.05) is 16.7 Å². The van der Waals surface area contributed by atoms with E-state index in [2.05, 4.69) is 28.4 Å². The number of nitrogens with zero attached hydrogens (tertiary/aromatic N) is 3. The highest BCUT2D eigenvalue weighted by atomic mass is 35.5. The second-order valence-electron chi connectivity index (χ2n) is 5.39. The molecule has 1 aliphatic heterocycles. The van der Waals surface area contributed by atoms with E-state index in [0.717, 1.165) is 29.9 Å². The van der Waals surface area contributed by atoms with E-state index in [4.69, 9.17) is 27.9 Å². The van der Waals surface area contributed by atoms with Crippen LogP contribution in [0.5, 0.6) is 5.75 Å². The van der Waals surface area contributed by atoms with Crippen LogP contribution in [-0.4, -0.2) is 21.4 Å². The Hall–Kier alpha value is -2.04. The lowest BCUT2D eigenvalue weighted by Crippen LogP contribution is -2.03. The monoisotopic (exact) mass is 345 g/mol. The topological polar surface area (TPSA) is 39.9 Å². The van der Waals surface area contributed by atoms with Crippen LogP contribution in [0.4, 0.5) is 0 Å². The van der Waals surface area contributed by atoms with Gasteiger partial charge in [0.15, 0.2) is 5.82 Å². The lowest BCUT2D eigenvalue weighted by atomic mass is 10.1. The van der Waals surface area contributed by atoms with Crippen molar-refractivity contribution in [3.05, 3.63) is 63.9 Å². The molecule has 6 heteroatoms. The molecule has 0 radical (unpaired) electrons. The minimum atomic E-state index is 0.484. The molecule has 4 nitrogen and oxygen atoms in total. The molecule has 0 spiro atoms. The van der Waals surface area contributed by atoms with E-state index >= 15 is 0 Å². The van der Waals surface area contributed by atoms with Crippen LogP contribution in [0, 0.1) is 0 Å². The summed E-state index contributed by atoms with van der Waals surface area (Å²) in [7, 11) is 0. The molecule has 3 aromatic rings. The minimum absolute atomic E-state index is 0.484. The molecule has 4 rings (SSSR count). The zero-order chi connectivity index (χ0) is 15.8. The van der Waals surface area contributed by atoms with Crippen LogP contribution in [0.25, 0.3) is 11.4 Å². The van der Waals surface area contributed by atoms with Crippen molar-refractivity contribution in [2.24, 2.45) is 0 Å². The number of aromatic nitrogens is 3. The van der Waals surface area contributed by atoms with E-state index in [-0.39, 0.29) is 0 Å². The van der Waals surface area contributed by atoms with E-state index in [0.29, 0.717) is 22.4 Å². The quantitative estimate of drug-likeness (QED) is 0.712. The van der Waals surface area contributed by atoms with Gasteiger partial charge in [0.2, 0.25) is 0 Å². The molecule has 2 aromatic carbocycles. The molecule has 0 unspecified atom stereocenters. The summed E-state index contributed by atoms with van der Waals surface area (Å²) in [6.07, 6.45) is 2.65. The molecule has 0 aliphatic carbocycles. The van der Waals surface area contributed by atoms with Gasteiger partial charge in [0.25, 0.3) is 0 Å². The summed E-state index contributed by atoms with van der Waals surface area (Å²) in [5, 5.41) is 9.22. The fraction of sp³-hybridized carbons (Fsp3) is 0.176. The van der Waals surface area contributed by atoms with Crippen molar-refractivity contribution in [2.75, 3.05) is 6.61 Å².